The van der Waals surface area contributed by atoms with Gasteiger partial charge in [0.05, 0.1) is 20.2 Å². The molecule has 0 aromatic heterocycles. The Morgan fingerprint density at radius 1 is 1.11 bits per heavy atom. The van der Waals surface area contributed by atoms with Gasteiger partial charge in [0, 0.05) is 38.8 Å². The van der Waals surface area contributed by atoms with Crippen LogP contribution in [0.4, 0.5) is 0 Å². The van der Waals surface area contributed by atoms with E-state index in [-0.39, 0.29) is 6.10 Å². The quantitative estimate of drug-likeness (QED) is 0.493. The third-order valence-electron chi connectivity index (χ3n) is 4.97. The number of rotatable bonds is 9. The van der Waals surface area contributed by atoms with Crippen LogP contribution in [0, 0.1) is 0 Å². The number of hydrogen-bond donors (Lipinski definition) is 2. The van der Waals surface area contributed by atoms with Gasteiger partial charge in [0.1, 0.15) is 6.10 Å². The molecule has 0 saturated carbocycles. The highest BCUT2D eigenvalue weighted by atomic mass is 16.5. The molecule has 0 spiro atoms. The molecule has 158 valence electrons. The van der Waals surface area contributed by atoms with Crippen molar-refractivity contribution in [2.24, 2.45) is 4.99 Å². The number of aliphatic imine (C=N–C) groups is 1. The molecule has 2 N–H and O–H groups in total. The lowest BCUT2D eigenvalue weighted by Crippen LogP contribution is -2.49. The Labute approximate surface area is 170 Å². The maximum Gasteiger partial charge on any atom is 0.191 e. The Morgan fingerprint density at radius 2 is 1.79 bits per heavy atom. The third kappa shape index (κ3) is 7.20. The summed E-state index contributed by atoms with van der Waals surface area (Å²) in [4.78, 5) is 9.67. The van der Waals surface area contributed by atoms with E-state index in [2.05, 4.69) is 41.3 Å². The first kappa shape index (κ1) is 22.3. The smallest absolute Gasteiger partial charge is 0.191 e. The standard InChI is InChI=1S/C21H37N5O2/c1-6-22-21(23-15-17(2)26-13-11-25(4)12-14-26)24-16-18(3)28-20-10-8-7-9-19(20)27-5/h7-10,17-18H,6,11-16H2,1-5H3,(H2,22,23,24). The SMILES string of the molecule is CCNC(=NCC(C)N1CCN(C)CC1)NCC(C)Oc1ccccc1OC. The fraction of sp³-hybridized carbons (Fsp3) is 0.667. The summed E-state index contributed by atoms with van der Waals surface area (Å²) in [5, 5.41) is 6.71. The Bertz CT molecular complexity index is 602. The fourth-order valence-electron chi connectivity index (χ4n) is 3.16. The van der Waals surface area contributed by atoms with Gasteiger partial charge >= 0.3 is 0 Å². The molecule has 2 atom stereocenters. The highest BCUT2D eigenvalue weighted by Crippen LogP contribution is 2.26. The van der Waals surface area contributed by atoms with Crippen LogP contribution in [-0.2, 0) is 0 Å². The minimum Gasteiger partial charge on any atom is -0.493 e. The molecule has 0 amide bonds. The number of nitrogens with one attached hydrogen (secondary N) is 2. The van der Waals surface area contributed by atoms with E-state index in [1.165, 1.54) is 0 Å². The first-order valence-corrected chi connectivity index (χ1v) is 10.3. The molecule has 0 bridgehead atoms. The number of nitrogens with zero attached hydrogens (tertiary/aromatic N) is 3. The Balaban J connectivity index is 1.83. The van der Waals surface area contributed by atoms with Crippen molar-refractivity contribution in [2.45, 2.75) is 32.9 Å². The summed E-state index contributed by atoms with van der Waals surface area (Å²) in [6.07, 6.45) is -0.0183. The molecule has 7 heteroatoms. The molecule has 0 aliphatic carbocycles. The molecule has 1 aromatic rings. The Kier molecular flexibility index (Phi) is 9.37. The van der Waals surface area contributed by atoms with Crippen LogP contribution in [-0.4, -0.2) is 87.9 Å². The van der Waals surface area contributed by atoms with Crippen molar-refractivity contribution in [1.82, 2.24) is 20.4 Å². The third-order valence-corrected chi connectivity index (χ3v) is 4.97. The number of piperazine rings is 1. The summed E-state index contributed by atoms with van der Waals surface area (Å²) in [5.41, 5.74) is 0. The molecule has 1 aliphatic rings. The predicted octanol–water partition coefficient (Wildman–Crippen LogP) is 1.65. The van der Waals surface area contributed by atoms with Crippen LogP contribution < -0.4 is 20.1 Å². The van der Waals surface area contributed by atoms with Crippen molar-refractivity contribution in [3.05, 3.63) is 24.3 Å². The van der Waals surface area contributed by atoms with Crippen LogP contribution in [0.15, 0.2) is 29.3 Å². The fourth-order valence-corrected chi connectivity index (χ4v) is 3.16. The molecular formula is C21H37N5O2. The Hall–Kier alpha value is -1.99. The number of hydrogen-bond acceptors (Lipinski definition) is 5. The van der Waals surface area contributed by atoms with E-state index in [1.54, 1.807) is 7.11 Å². The summed E-state index contributed by atoms with van der Waals surface area (Å²) >= 11 is 0. The molecule has 28 heavy (non-hydrogen) atoms. The topological polar surface area (TPSA) is 61.4 Å². The zero-order valence-electron chi connectivity index (χ0n) is 18.1. The van der Waals surface area contributed by atoms with E-state index in [9.17, 15) is 0 Å². The molecule has 0 radical (unpaired) electrons. The van der Waals surface area contributed by atoms with Gasteiger partial charge < -0.3 is 25.0 Å². The van der Waals surface area contributed by atoms with Gasteiger partial charge in [0.25, 0.3) is 0 Å². The number of methoxy groups -OCH3 is 1. The molecule has 1 aromatic carbocycles. The molecule has 1 fully saturated rings. The first-order valence-electron chi connectivity index (χ1n) is 10.3. The molecule has 1 saturated heterocycles. The van der Waals surface area contributed by atoms with Gasteiger partial charge in [-0.2, -0.15) is 0 Å². The van der Waals surface area contributed by atoms with Crippen LogP contribution in [0.3, 0.4) is 0 Å². The van der Waals surface area contributed by atoms with Crippen molar-refractivity contribution in [3.8, 4) is 11.5 Å². The molecule has 7 nitrogen and oxygen atoms in total. The molecule has 2 unspecified atom stereocenters. The normalized spacial score (nSPS) is 18.4. The second-order valence-electron chi connectivity index (χ2n) is 7.37. The van der Waals surface area contributed by atoms with Crippen molar-refractivity contribution >= 4 is 5.96 Å². The monoisotopic (exact) mass is 391 g/mol. The number of guanidine groups is 1. The van der Waals surface area contributed by atoms with Crippen molar-refractivity contribution < 1.29 is 9.47 Å². The maximum atomic E-state index is 6.01. The zero-order chi connectivity index (χ0) is 20.4. The van der Waals surface area contributed by atoms with Gasteiger partial charge in [-0.25, -0.2) is 0 Å². The number of ether oxygens (including phenoxy) is 2. The maximum absolute atomic E-state index is 6.01. The van der Waals surface area contributed by atoms with E-state index in [4.69, 9.17) is 14.5 Å². The summed E-state index contributed by atoms with van der Waals surface area (Å²) in [6, 6.07) is 8.15. The van der Waals surface area contributed by atoms with Gasteiger partial charge in [-0.3, -0.25) is 9.89 Å². The van der Waals surface area contributed by atoms with Crippen LogP contribution in [0.25, 0.3) is 0 Å². The van der Waals surface area contributed by atoms with E-state index in [0.717, 1.165) is 56.7 Å². The summed E-state index contributed by atoms with van der Waals surface area (Å²) in [7, 11) is 3.84. The van der Waals surface area contributed by atoms with Gasteiger partial charge in [-0.1, -0.05) is 12.1 Å². The number of para-hydroxylation sites is 2. The summed E-state index contributed by atoms with van der Waals surface area (Å²) < 4.78 is 11.4. The van der Waals surface area contributed by atoms with E-state index < -0.39 is 0 Å². The van der Waals surface area contributed by atoms with Crippen molar-refractivity contribution in [3.63, 3.8) is 0 Å². The molecular weight excluding hydrogens is 354 g/mol. The van der Waals surface area contributed by atoms with E-state index >= 15 is 0 Å². The average Bonchev–Trinajstić information content (AvgIpc) is 2.70. The predicted molar refractivity (Wildman–Crippen MR) is 116 cm³/mol. The number of benzene rings is 1. The van der Waals surface area contributed by atoms with Crippen LogP contribution in [0.5, 0.6) is 11.5 Å². The van der Waals surface area contributed by atoms with Crippen LogP contribution >= 0.6 is 0 Å². The molecule has 1 aliphatic heterocycles. The van der Waals surface area contributed by atoms with Crippen molar-refractivity contribution in [1.29, 1.82) is 0 Å². The van der Waals surface area contributed by atoms with Crippen LogP contribution in [0.2, 0.25) is 0 Å². The lowest BCUT2D eigenvalue weighted by molar-refractivity contribution is 0.122. The second-order valence-corrected chi connectivity index (χ2v) is 7.37. The zero-order valence-corrected chi connectivity index (χ0v) is 18.1. The second kappa shape index (κ2) is 11.8. The summed E-state index contributed by atoms with van der Waals surface area (Å²) in [5.74, 6) is 2.33. The lowest BCUT2D eigenvalue weighted by atomic mass is 10.2. The van der Waals surface area contributed by atoms with E-state index in [1.807, 2.05) is 31.2 Å². The lowest BCUT2D eigenvalue weighted by Gasteiger charge is -2.35. The van der Waals surface area contributed by atoms with Gasteiger partial charge in [0.15, 0.2) is 17.5 Å². The van der Waals surface area contributed by atoms with Gasteiger partial charge in [0.2, 0.25) is 0 Å². The highest BCUT2D eigenvalue weighted by molar-refractivity contribution is 5.79. The van der Waals surface area contributed by atoms with Crippen LogP contribution in [0.1, 0.15) is 20.8 Å². The molecule has 2 rings (SSSR count). The number of likely N-dealkylation sites (N-methyl/N-ethyl adjacent to an activating group) is 1. The summed E-state index contributed by atoms with van der Waals surface area (Å²) in [6.45, 7) is 13.1. The van der Waals surface area contributed by atoms with Gasteiger partial charge in [-0.15, -0.1) is 0 Å². The minimum atomic E-state index is -0.0183. The minimum absolute atomic E-state index is 0.0183. The van der Waals surface area contributed by atoms with E-state index in [0.29, 0.717) is 12.6 Å². The first-order chi connectivity index (χ1) is 13.5. The average molecular weight is 392 g/mol. The Morgan fingerprint density at radius 3 is 2.43 bits per heavy atom. The largest absolute Gasteiger partial charge is 0.493 e. The van der Waals surface area contributed by atoms with Gasteiger partial charge in [-0.05, 0) is 40.0 Å². The van der Waals surface area contributed by atoms with Crippen molar-refractivity contribution in [2.75, 3.05) is 60.0 Å². The highest BCUT2D eigenvalue weighted by Gasteiger charge is 2.19. The molecule has 1 heterocycles.